The van der Waals surface area contributed by atoms with E-state index in [1.807, 2.05) is 24.3 Å². The molecule has 0 spiro atoms. The third-order valence-corrected chi connectivity index (χ3v) is 5.17. The van der Waals surface area contributed by atoms with Gasteiger partial charge in [0.2, 0.25) is 5.91 Å². The topological polar surface area (TPSA) is 61.9 Å². The summed E-state index contributed by atoms with van der Waals surface area (Å²) in [5, 5.41) is 3.33. The summed E-state index contributed by atoms with van der Waals surface area (Å²) in [4.78, 5) is 28.6. The fourth-order valence-corrected chi connectivity index (χ4v) is 3.55. The fourth-order valence-electron chi connectivity index (χ4n) is 3.06. The number of ether oxygens (including phenoxy) is 1. The van der Waals surface area contributed by atoms with Crippen LogP contribution in [0.1, 0.15) is 10.4 Å². The highest BCUT2D eigenvalue weighted by Crippen LogP contribution is 2.22. The Labute approximate surface area is 174 Å². The molecule has 3 rings (SSSR count). The highest BCUT2D eigenvalue weighted by molar-refractivity contribution is 6.36. The Hall–Kier alpha value is -2.44. The molecule has 1 aliphatic heterocycles. The number of rotatable bonds is 5. The van der Waals surface area contributed by atoms with Gasteiger partial charge < -0.3 is 19.9 Å². The van der Waals surface area contributed by atoms with Crippen molar-refractivity contribution in [1.29, 1.82) is 0 Å². The van der Waals surface area contributed by atoms with E-state index in [-0.39, 0.29) is 17.5 Å². The number of nitrogens with zero attached hydrogens (tertiary/aromatic N) is 2. The van der Waals surface area contributed by atoms with Crippen molar-refractivity contribution >= 4 is 40.7 Å². The van der Waals surface area contributed by atoms with E-state index in [0.717, 1.165) is 24.5 Å². The average Bonchev–Trinajstić information content (AvgIpc) is 2.72. The van der Waals surface area contributed by atoms with Crippen LogP contribution in [0, 0.1) is 0 Å². The van der Waals surface area contributed by atoms with Crippen LogP contribution in [0.3, 0.4) is 0 Å². The first kappa shape index (κ1) is 20.3. The molecule has 2 amide bonds. The van der Waals surface area contributed by atoms with Crippen LogP contribution in [0.5, 0.6) is 5.75 Å². The summed E-state index contributed by atoms with van der Waals surface area (Å²) in [6, 6.07) is 12.5. The van der Waals surface area contributed by atoms with Gasteiger partial charge in [0.25, 0.3) is 5.91 Å². The Morgan fingerprint density at radius 1 is 1.07 bits per heavy atom. The van der Waals surface area contributed by atoms with E-state index in [1.165, 1.54) is 12.1 Å². The van der Waals surface area contributed by atoms with Gasteiger partial charge in [0.05, 0.1) is 24.2 Å². The Morgan fingerprint density at radius 3 is 2.50 bits per heavy atom. The zero-order chi connectivity index (χ0) is 20.1. The minimum absolute atomic E-state index is 0.0725. The summed E-state index contributed by atoms with van der Waals surface area (Å²) in [6.45, 7) is 2.55. The Balaban J connectivity index is 1.50. The molecule has 28 heavy (non-hydrogen) atoms. The molecule has 1 aliphatic rings. The maximum Gasteiger partial charge on any atom is 0.253 e. The molecule has 0 aliphatic carbocycles. The molecule has 1 N–H and O–H groups in total. The first-order valence-corrected chi connectivity index (χ1v) is 9.63. The molecule has 0 saturated carbocycles. The van der Waals surface area contributed by atoms with Gasteiger partial charge in [0.1, 0.15) is 5.75 Å². The van der Waals surface area contributed by atoms with Crippen LogP contribution in [0.2, 0.25) is 10.0 Å². The van der Waals surface area contributed by atoms with Crippen LogP contribution in [0.15, 0.2) is 42.5 Å². The smallest absolute Gasteiger partial charge is 0.253 e. The Bertz CT molecular complexity index is 868. The van der Waals surface area contributed by atoms with Gasteiger partial charge in [0.15, 0.2) is 0 Å². The maximum atomic E-state index is 12.4. The molecular formula is C20H21Cl2N3O3. The van der Waals surface area contributed by atoms with Crippen LogP contribution < -0.4 is 15.0 Å². The van der Waals surface area contributed by atoms with Crippen LogP contribution in [-0.4, -0.2) is 56.5 Å². The highest BCUT2D eigenvalue weighted by atomic mass is 35.5. The summed E-state index contributed by atoms with van der Waals surface area (Å²) in [5.74, 6) is 0.286. The van der Waals surface area contributed by atoms with E-state index in [2.05, 4.69) is 10.2 Å². The molecule has 0 bridgehead atoms. The lowest BCUT2D eigenvalue weighted by atomic mass is 10.2. The van der Waals surface area contributed by atoms with Gasteiger partial charge in [-0.3, -0.25) is 9.59 Å². The van der Waals surface area contributed by atoms with Crippen molar-refractivity contribution in [2.75, 3.05) is 44.7 Å². The van der Waals surface area contributed by atoms with Crippen molar-refractivity contribution in [1.82, 2.24) is 10.2 Å². The summed E-state index contributed by atoms with van der Waals surface area (Å²) >= 11 is 11.9. The van der Waals surface area contributed by atoms with Crippen LogP contribution >= 0.6 is 23.2 Å². The third kappa shape index (κ3) is 4.88. The Kier molecular flexibility index (Phi) is 6.65. The van der Waals surface area contributed by atoms with Crippen molar-refractivity contribution in [3.05, 3.63) is 58.1 Å². The van der Waals surface area contributed by atoms with E-state index in [9.17, 15) is 9.59 Å². The monoisotopic (exact) mass is 421 g/mol. The van der Waals surface area contributed by atoms with E-state index >= 15 is 0 Å². The molecular weight excluding hydrogens is 401 g/mol. The van der Waals surface area contributed by atoms with Crippen LogP contribution in [0.4, 0.5) is 5.69 Å². The SMILES string of the molecule is COc1cccc(N2CCN(C(=O)CNC(=O)c3ccc(Cl)cc3Cl)CC2)c1. The lowest BCUT2D eigenvalue weighted by Gasteiger charge is -2.36. The average molecular weight is 422 g/mol. The standard InChI is InChI=1S/C20H21Cl2N3O3/c1-28-16-4-2-3-15(12-16)24-7-9-25(10-8-24)19(26)13-23-20(27)17-6-5-14(21)11-18(17)22/h2-6,11-12H,7-10,13H2,1H3,(H,23,27). The molecule has 0 radical (unpaired) electrons. The van der Waals surface area contributed by atoms with Gasteiger partial charge in [0, 0.05) is 43.0 Å². The number of nitrogens with one attached hydrogen (secondary N) is 1. The lowest BCUT2D eigenvalue weighted by molar-refractivity contribution is -0.130. The molecule has 8 heteroatoms. The molecule has 2 aromatic carbocycles. The van der Waals surface area contributed by atoms with Gasteiger partial charge >= 0.3 is 0 Å². The van der Waals surface area contributed by atoms with Crippen LogP contribution in [0.25, 0.3) is 0 Å². The van der Waals surface area contributed by atoms with Crippen molar-refractivity contribution in [3.63, 3.8) is 0 Å². The van der Waals surface area contributed by atoms with Gasteiger partial charge in [-0.25, -0.2) is 0 Å². The number of carbonyl (C=O) groups excluding carboxylic acids is 2. The van der Waals surface area contributed by atoms with E-state index < -0.39 is 5.91 Å². The lowest BCUT2D eigenvalue weighted by Crippen LogP contribution is -2.51. The highest BCUT2D eigenvalue weighted by Gasteiger charge is 2.22. The summed E-state index contributed by atoms with van der Waals surface area (Å²) < 4.78 is 5.26. The van der Waals surface area contributed by atoms with E-state index in [1.54, 1.807) is 18.1 Å². The first-order chi connectivity index (χ1) is 13.5. The number of carbonyl (C=O) groups is 2. The van der Waals surface area contributed by atoms with E-state index in [0.29, 0.717) is 23.7 Å². The van der Waals surface area contributed by atoms with Crippen molar-refractivity contribution in [2.24, 2.45) is 0 Å². The summed E-state index contributed by atoms with van der Waals surface area (Å²) in [5.41, 5.74) is 1.36. The van der Waals surface area contributed by atoms with Gasteiger partial charge in [-0.1, -0.05) is 29.3 Å². The summed E-state index contributed by atoms with van der Waals surface area (Å²) in [6.07, 6.45) is 0. The minimum atomic E-state index is -0.398. The molecule has 0 aromatic heterocycles. The third-order valence-electron chi connectivity index (χ3n) is 4.63. The maximum absolute atomic E-state index is 12.4. The van der Waals surface area contributed by atoms with Crippen LogP contribution in [-0.2, 0) is 4.79 Å². The largest absolute Gasteiger partial charge is 0.497 e. The number of hydrogen-bond acceptors (Lipinski definition) is 4. The zero-order valence-electron chi connectivity index (χ0n) is 15.5. The van der Waals surface area contributed by atoms with Gasteiger partial charge in [-0.15, -0.1) is 0 Å². The number of hydrogen-bond donors (Lipinski definition) is 1. The predicted octanol–water partition coefficient (Wildman–Crippen LogP) is 3.08. The number of piperazine rings is 1. The first-order valence-electron chi connectivity index (χ1n) is 8.88. The molecule has 1 saturated heterocycles. The number of amides is 2. The minimum Gasteiger partial charge on any atom is -0.497 e. The molecule has 1 heterocycles. The molecule has 0 unspecified atom stereocenters. The second-order valence-electron chi connectivity index (χ2n) is 6.38. The molecule has 0 atom stereocenters. The normalized spacial score (nSPS) is 14.0. The zero-order valence-corrected chi connectivity index (χ0v) is 17.0. The number of methoxy groups -OCH3 is 1. The number of halogens is 2. The molecule has 2 aromatic rings. The van der Waals surface area contributed by atoms with Gasteiger partial charge in [-0.05, 0) is 30.3 Å². The van der Waals surface area contributed by atoms with E-state index in [4.69, 9.17) is 27.9 Å². The molecule has 1 fully saturated rings. The van der Waals surface area contributed by atoms with Crippen molar-refractivity contribution < 1.29 is 14.3 Å². The molecule has 6 nitrogen and oxygen atoms in total. The molecule has 148 valence electrons. The van der Waals surface area contributed by atoms with Gasteiger partial charge in [-0.2, -0.15) is 0 Å². The quantitative estimate of drug-likeness (QED) is 0.805. The Morgan fingerprint density at radius 2 is 1.82 bits per heavy atom. The van der Waals surface area contributed by atoms with Crippen molar-refractivity contribution in [3.8, 4) is 5.75 Å². The second kappa shape index (κ2) is 9.17. The summed E-state index contributed by atoms with van der Waals surface area (Å²) in [7, 11) is 1.64. The predicted molar refractivity (Wildman–Crippen MR) is 111 cm³/mol. The number of anilines is 1. The number of benzene rings is 2. The second-order valence-corrected chi connectivity index (χ2v) is 7.22. The van der Waals surface area contributed by atoms with Crippen molar-refractivity contribution in [2.45, 2.75) is 0 Å². The fraction of sp³-hybridized carbons (Fsp3) is 0.300.